The van der Waals surface area contributed by atoms with E-state index in [1.165, 1.54) is 12.1 Å². The van der Waals surface area contributed by atoms with Gasteiger partial charge in [-0.15, -0.1) is 0 Å². The molecule has 0 saturated heterocycles. The molecule has 7 heteroatoms. The fourth-order valence-electron chi connectivity index (χ4n) is 2.50. The predicted octanol–water partition coefficient (Wildman–Crippen LogP) is 2.79. The van der Waals surface area contributed by atoms with Gasteiger partial charge in [-0.2, -0.15) is 0 Å². The number of aryl methyl sites for hydroxylation is 1. The maximum atomic E-state index is 12.1. The highest BCUT2D eigenvalue weighted by molar-refractivity contribution is 5.95. The molecule has 4 N–H and O–H groups in total. The van der Waals surface area contributed by atoms with E-state index >= 15 is 0 Å². The first-order valence-corrected chi connectivity index (χ1v) is 9.35. The number of ether oxygens (including phenoxy) is 1. The molecule has 0 spiro atoms. The number of phenols is 1. The topological polar surface area (TPSA) is 95.0 Å². The Labute approximate surface area is 165 Å². The number of rotatable bonds is 8. The summed E-state index contributed by atoms with van der Waals surface area (Å²) < 4.78 is 5.69. The molecule has 0 unspecified atom stereocenters. The zero-order valence-electron chi connectivity index (χ0n) is 16.6. The molecule has 1 amide bonds. The van der Waals surface area contributed by atoms with Crippen molar-refractivity contribution in [1.29, 1.82) is 0 Å². The van der Waals surface area contributed by atoms with Crippen molar-refractivity contribution in [3.05, 3.63) is 53.6 Å². The summed E-state index contributed by atoms with van der Waals surface area (Å²) in [6.45, 7) is 7.71. The van der Waals surface area contributed by atoms with E-state index < -0.39 is 0 Å². The standard InChI is InChI=1S/C21H28N4O3/c1-4-22-21(23-13-16-7-6-15(3)12-19(16)28-5-2)24-14-20(27)25-17-8-10-18(26)11-9-17/h6-12,26H,4-5,13-14H2,1-3H3,(H,25,27)(H2,22,23,24). The second-order valence-corrected chi connectivity index (χ2v) is 6.19. The third-order valence-corrected chi connectivity index (χ3v) is 3.84. The van der Waals surface area contributed by atoms with Gasteiger partial charge in [-0.05, 0) is 56.7 Å². The van der Waals surface area contributed by atoms with E-state index in [0.717, 1.165) is 16.9 Å². The fraction of sp³-hybridized carbons (Fsp3) is 0.333. The molecule has 0 radical (unpaired) electrons. The zero-order valence-corrected chi connectivity index (χ0v) is 16.6. The van der Waals surface area contributed by atoms with Crippen LogP contribution in [-0.2, 0) is 11.3 Å². The highest BCUT2D eigenvalue weighted by Crippen LogP contribution is 2.21. The number of guanidine groups is 1. The summed E-state index contributed by atoms with van der Waals surface area (Å²) in [4.78, 5) is 16.7. The monoisotopic (exact) mass is 384 g/mol. The molecule has 28 heavy (non-hydrogen) atoms. The van der Waals surface area contributed by atoms with Gasteiger partial charge in [-0.3, -0.25) is 4.79 Å². The van der Waals surface area contributed by atoms with Crippen molar-refractivity contribution < 1.29 is 14.6 Å². The van der Waals surface area contributed by atoms with Crippen LogP contribution in [0.1, 0.15) is 25.0 Å². The summed E-state index contributed by atoms with van der Waals surface area (Å²) in [6, 6.07) is 12.3. The maximum Gasteiger partial charge on any atom is 0.243 e. The summed E-state index contributed by atoms with van der Waals surface area (Å²) in [6.07, 6.45) is 0. The molecule has 2 rings (SSSR count). The Morgan fingerprint density at radius 3 is 2.54 bits per heavy atom. The summed E-state index contributed by atoms with van der Waals surface area (Å²) >= 11 is 0. The second kappa shape index (κ2) is 10.8. The third kappa shape index (κ3) is 6.83. The smallest absolute Gasteiger partial charge is 0.243 e. The van der Waals surface area contributed by atoms with Gasteiger partial charge >= 0.3 is 0 Å². The quantitative estimate of drug-likeness (QED) is 0.319. The minimum atomic E-state index is -0.207. The van der Waals surface area contributed by atoms with E-state index in [0.29, 0.717) is 31.3 Å². The zero-order chi connectivity index (χ0) is 20.4. The molecule has 0 saturated carbocycles. The van der Waals surface area contributed by atoms with Gasteiger partial charge in [0, 0.05) is 17.8 Å². The minimum Gasteiger partial charge on any atom is -0.508 e. The molecule has 2 aromatic rings. The van der Waals surface area contributed by atoms with Gasteiger partial charge < -0.3 is 25.8 Å². The molecule has 0 bridgehead atoms. The van der Waals surface area contributed by atoms with Crippen LogP contribution in [0, 0.1) is 6.92 Å². The van der Waals surface area contributed by atoms with E-state index in [-0.39, 0.29) is 18.2 Å². The van der Waals surface area contributed by atoms with Crippen molar-refractivity contribution in [3.8, 4) is 11.5 Å². The lowest BCUT2D eigenvalue weighted by molar-refractivity contribution is -0.115. The molecule has 0 heterocycles. The highest BCUT2D eigenvalue weighted by atomic mass is 16.5. The Kier molecular flexibility index (Phi) is 8.14. The van der Waals surface area contributed by atoms with E-state index in [2.05, 4.69) is 20.9 Å². The largest absolute Gasteiger partial charge is 0.508 e. The van der Waals surface area contributed by atoms with E-state index in [1.807, 2.05) is 39.0 Å². The van der Waals surface area contributed by atoms with Crippen molar-refractivity contribution in [2.75, 3.05) is 25.0 Å². The van der Waals surface area contributed by atoms with Crippen molar-refractivity contribution in [2.24, 2.45) is 4.99 Å². The molecular weight excluding hydrogens is 356 g/mol. The van der Waals surface area contributed by atoms with Crippen LogP contribution < -0.4 is 20.7 Å². The molecule has 150 valence electrons. The first kappa shape index (κ1) is 21.1. The lowest BCUT2D eigenvalue weighted by Gasteiger charge is -2.13. The molecule has 2 aromatic carbocycles. The Morgan fingerprint density at radius 2 is 1.86 bits per heavy atom. The number of carbonyl (C=O) groups is 1. The molecule has 0 aromatic heterocycles. The number of carbonyl (C=O) groups excluding carboxylic acids is 1. The van der Waals surface area contributed by atoms with Crippen LogP contribution in [-0.4, -0.2) is 36.7 Å². The number of hydrogen-bond acceptors (Lipinski definition) is 4. The molecule has 0 fully saturated rings. The van der Waals surface area contributed by atoms with Gasteiger partial charge in [0.2, 0.25) is 5.91 Å². The van der Waals surface area contributed by atoms with Crippen LogP contribution in [0.25, 0.3) is 0 Å². The lowest BCUT2D eigenvalue weighted by atomic mass is 10.1. The normalized spacial score (nSPS) is 11.0. The maximum absolute atomic E-state index is 12.1. The molecule has 0 aliphatic carbocycles. The highest BCUT2D eigenvalue weighted by Gasteiger charge is 2.07. The van der Waals surface area contributed by atoms with Gasteiger partial charge in [0.1, 0.15) is 11.5 Å². The number of anilines is 1. The van der Waals surface area contributed by atoms with Gasteiger partial charge in [-0.1, -0.05) is 12.1 Å². The van der Waals surface area contributed by atoms with E-state index in [4.69, 9.17) is 4.74 Å². The molecule has 7 nitrogen and oxygen atoms in total. The Hall–Kier alpha value is -3.22. The Balaban J connectivity index is 1.96. The predicted molar refractivity (Wildman–Crippen MR) is 112 cm³/mol. The number of nitrogens with one attached hydrogen (secondary N) is 3. The van der Waals surface area contributed by atoms with Gasteiger partial charge in [0.25, 0.3) is 0 Å². The first-order chi connectivity index (χ1) is 13.5. The van der Waals surface area contributed by atoms with Crippen LogP contribution >= 0.6 is 0 Å². The average molecular weight is 384 g/mol. The summed E-state index contributed by atoms with van der Waals surface area (Å²) in [5, 5.41) is 18.2. The average Bonchev–Trinajstić information content (AvgIpc) is 2.67. The summed E-state index contributed by atoms with van der Waals surface area (Å²) in [7, 11) is 0. The minimum absolute atomic E-state index is 0.0684. The lowest BCUT2D eigenvalue weighted by Crippen LogP contribution is -2.41. The number of aromatic hydroxyl groups is 1. The van der Waals surface area contributed by atoms with Gasteiger partial charge in [-0.25, -0.2) is 4.99 Å². The number of amides is 1. The summed E-state index contributed by atoms with van der Waals surface area (Å²) in [5.41, 5.74) is 2.73. The summed E-state index contributed by atoms with van der Waals surface area (Å²) in [5.74, 6) is 1.32. The van der Waals surface area contributed by atoms with Crippen molar-refractivity contribution in [2.45, 2.75) is 27.3 Å². The number of hydrogen-bond donors (Lipinski definition) is 4. The number of nitrogens with zero attached hydrogens (tertiary/aromatic N) is 1. The van der Waals surface area contributed by atoms with Gasteiger partial charge in [0.15, 0.2) is 5.96 Å². The third-order valence-electron chi connectivity index (χ3n) is 3.84. The SMILES string of the molecule is CCNC(=NCc1ccc(C)cc1OCC)NCC(=O)Nc1ccc(O)cc1. The van der Waals surface area contributed by atoms with Crippen molar-refractivity contribution in [1.82, 2.24) is 10.6 Å². The van der Waals surface area contributed by atoms with E-state index in [9.17, 15) is 9.90 Å². The van der Waals surface area contributed by atoms with Crippen molar-refractivity contribution in [3.63, 3.8) is 0 Å². The van der Waals surface area contributed by atoms with Crippen LogP contribution in [0.15, 0.2) is 47.5 Å². The molecule has 0 atom stereocenters. The molecule has 0 aliphatic rings. The Bertz CT molecular complexity index is 804. The van der Waals surface area contributed by atoms with Crippen LogP contribution in [0.5, 0.6) is 11.5 Å². The number of aliphatic imine (C=N–C) groups is 1. The van der Waals surface area contributed by atoms with Crippen LogP contribution in [0.3, 0.4) is 0 Å². The molecular formula is C21H28N4O3. The molecule has 0 aliphatic heterocycles. The number of benzene rings is 2. The fourth-order valence-corrected chi connectivity index (χ4v) is 2.50. The van der Waals surface area contributed by atoms with E-state index in [1.54, 1.807) is 12.1 Å². The number of phenolic OH excluding ortho intramolecular Hbond substituents is 1. The Morgan fingerprint density at radius 1 is 1.11 bits per heavy atom. The first-order valence-electron chi connectivity index (χ1n) is 9.35. The van der Waals surface area contributed by atoms with Crippen LogP contribution in [0.2, 0.25) is 0 Å². The van der Waals surface area contributed by atoms with Crippen molar-refractivity contribution >= 4 is 17.6 Å². The van der Waals surface area contributed by atoms with Crippen LogP contribution in [0.4, 0.5) is 5.69 Å². The second-order valence-electron chi connectivity index (χ2n) is 6.19. The van der Waals surface area contributed by atoms with Gasteiger partial charge in [0.05, 0.1) is 19.7 Å².